The molecule has 10 nitrogen and oxygen atoms in total. The molecule has 0 spiro atoms. The number of rotatable bonds is 8. The lowest BCUT2D eigenvalue weighted by Gasteiger charge is -2.20. The number of carbonyl (C=O) groups is 1. The van der Waals surface area contributed by atoms with Gasteiger partial charge in [0.1, 0.15) is 29.9 Å². The second kappa shape index (κ2) is 10.7. The van der Waals surface area contributed by atoms with Crippen molar-refractivity contribution >= 4 is 5.91 Å². The van der Waals surface area contributed by atoms with E-state index in [2.05, 4.69) is 25.3 Å². The monoisotopic (exact) mass is 579 g/mol. The molecular weight excluding hydrogens is 551 g/mol. The van der Waals surface area contributed by atoms with Gasteiger partial charge in [-0.25, -0.2) is 19.9 Å². The van der Waals surface area contributed by atoms with Crippen molar-refractivity contribution in [3.05, 3.63) is 65.0 Å². The average Bonchev–Trinajstić information content (AvgIpc) is 3.71. The largest absolute Gasteiger partial charge is 0.480 e. The predicted octanol–water partition coefficient (Wildman–Crippen LogP) is 5.15. The first-order valence-electron chi connectivity index (χ1n) is 13.6. The van der Waals surface area contributed by atoms with Crippen molar-refractivity contribution in [3.8, 4) is 34.5 Å². The van der Waals surface area contributed by atoms with E-state index in [1.165, 1.54) is 18.0 Å². The van der Waals surface area contributed by atoms with Crippen molar-refractivity contribution in [2.45, 2.75) is 57.9 Å². The normalized spacial score (nSPS) is 15.0. The van der Waals surface area contributed by atoms with Crippen LogP contribution >= 0.6 is 0 Å². The Kier molecular flexibility index (Phi) is 7.03. The summed E-state index contributed by atoms with van der Waals surface area (Å²) in [5, 5.41) is 2.81. The van der Waals surface area contributed by atoms with Crippen LogP contribution in [0.3, 0.4) is 0 Å². The van der Waals surface area contributed by atoms with E-state index in [1.807, 2.05) is 0 Å². The number of fused-ring (bicyclic) bond motifs is 1. The van der Waals surface area contributed by atoms with E-state index in [9.17, 15) is 18.0 Å². The first-order chi connectivity index (χ1) is 20.1. The van der Waals surface area contributed by atoms with Crippen molar-refractivity contribution in [2.75, 3.05) is 13.7 Å². The maximum Gasteiger partial charge on any atom is 0.434 e. The lowest BCUT2D eigenvalue weighted by molar-refractivity contribution is -0.140. The number of hydrogen-bond donors (Lipinski definition) is 1. The molecule has 0 radical (unpaired) electrons. The number of benzene rings is 1. The summed E-state index contributed by atoms with van der Waals surface area (Å²) in [6.45, 7) is 4.08. The second-order valence-electron chi connectivity index (χ2n) is 10.5. The molecular formula is C29H28F3N7O3. The number of carbonyl (C=O) groups excluding carboxylic acids is 1. The minimum atomic E-state index is -4.54. The van der Waals surface area contributed by atoms with Crippen LogP contribution in [0.25, 0.3) is 22.8 Å². The van der Waals surface area contributed by atoms with E-state index in [1.54, 1.807) is 38.1 Å². The Balaban J connectivity index is 1.31. The molecule has 42 heavy (non-hydrogen) atoms. The smallest absolute Gasteiger partial charge is 0.434 e. The fourth-order valence-electron chi connectivity index (χ4n) is 4.94. The molecule has 1 amide bonds. The number of imidazole rings is 1. The van der Waals surface area contributed by atoms with E-state index in [4.69, 9.17) is 14.5 Å². The standard InChI is InChI=1S/C29H28F3N7O3/c1-15(2)39-12-20(29(30,31)32)37-25(39)18-6-4-16(5-7-18)13-42-28-21-19(10-11-33-26(21)40)36-24(38-28)22-23(17-8-9-17)34-14-35-27(22)41-3/h4-7,12,14-15,17H,8-11,13H2,1-3H3,(H,33,40). The third-order valence-electron chi connectivity index (χ3n) is 7.21. The molecule has 218 valence electrons. The van der Waals surface area contributed by atoms with E-state index in [-0.39, 0.29) is 41.7 Å². The quantitative estimate of drug-likeness (QED) is 0.305. The summed E-state index contributed by atoms with van der Waals surface area (Å²) >= 11 is 0. The van der Waals surface area contributed by atoms with Crippen LogP contribution < -0.4 is 14.8 Å². The van der Waals surface area contributed by atoms with Gasteiger partial charge < -0.3 is 19.4 Å². The van der Waals surface area contributed by atoms with Crippen LogP contribution in [0.15, 0.2) is 36.8 Å². The number of halogens is 3. The molecule has 0 atom stereocenters. The minimum absolute atomic E-state index is 0.0563. The first kappa shape index (κ1) is 27.6. The van der Waals surface area contributed by atoms with E-state index in [0.717, 1.165) is 30.3 Å². The van der Waals surface area contributed by atoms with Crippen molar-refractivity contribution in [2.24, 2.45) is 0 Å². The van der Waals surface area contributed by atoms with Gasteiger partial charge in [-0.05, 0) is 32.3 Å². The van der Waals surface area contributed by atoms with Crippen molar-refractivity contribution in [1.29, 1.82) is 0 Å². The minimum Gasteiger partial charge on any atom is -0.480 e. The van der Waals surface area contributed by atoms with Crippen LogP contribution in [0, 0.1) is 0 Å². The van der Waals surface area contributed by atoms with E-state index < -0.39 is 11.9 Å². The number of nitrogens with zero attached hydrogens (tertiary/aromatic N) is 6. The molecule has 0 unspecified atom stereocenters. The zero-order chi connectivity index (χ0) is 29.6. The van der Waals surface area contributed by atoms with Crippen molar-refractivity contribution in [3.63, 3.8) is 0 Å². The Labute approximate surface area is 239 Å². The predicted molar refractivity (Wildman–Crippen MR) is 145 cm³/mol. The molecule has 4 heterocycles. The highest BCUT2D eigenvalue weighted by Crippen LogP contribution is 2.45. The molecule has 1 aliphatic carbocycles. The molecule has 1 aromatic carbocycles. The molecule has 1 aliphatic heterocycles. The molecule has 3 aromatic heterocycles. The maximum atomic E-state index is 13.3. The summed E-state index contributed by atoms with van der Waals surface area (Å²) in [4.78, 5) is 34.8. The summed E-state index contributed by atoms with van der Waals surface area (Å²) in [6, 6.07) is 6.67. The third-order valence-corrected chi connectivity index (χ3v) is 7.21. The van der Waals surface area contributed by atoms with Gasteiger partial charge in [0, 0.05) is 36.7 Å². The summed E-state index contributed by atoms with van der Waals surface area (Å²) in [7, 11) is 1.52. The van der Waals surface area contributed by atoms with E-state index >= 15 is 0 Å². The van der Waals surface area contributed by atoms with Crippen molar-refractivity contribution < 1.29 is 27.4 Å². The Hall–Kier alpha value is -4.55. The van der Waals surface area contributed by atoms with Crippen molar-refractivity contribution in [1.82, 2.24) is 34.8 Å². The molecule has 2 aliphatic rings. The molecule has 1 N–H and O–H groups in total. The lowest BCUT2D eigenvalue weighted by atomic mass is 10.1. The van der Waals surface area contributed by atoms with Gasteiger partial charge in [0.25, 0.3) is 5.91 Å². The summed E-state index contributed by atoms with van der Waals surface area (Å²) < 4.78 is 53.1. The topological polar surface area (TPSA) is 117 Å². The van der Waals surface area contributed by atoms with Crippen LogP contribution in [-0.2, 0) is 19.2 Å². The van der Waals surface area contributed by atoms with Gasteiger partial charge in [0.05, 0.1) is 18.5 Å². The third kappa shape index (κ3) is 5.26. The molecule has 1 saturated carbocycles. The number of nitrogens with one attached hydrogen (secondary N) is 1. The van der Waals surface area contributed by atoms with Gasteiger partial charge in [-0.1, -0.05) is 24.3 Å². The van der Waals surface area contributed by atoms with Gasteiger partial charge in [-0.3, -0.25) is 4.79 Å². The zero-order valence-corrected chi connectivity index (χ0v) is 23.2. The van der Waals surface area contributed by atoms with Gasteiger partial charge in [0.2, 0.25) is 11.8 Å². The lowest BCUT2D eigenvalue weighted by Crippen LogP contribution is -2.33. The Morgan fingerprint density at radius 3 is 2.48 bits per heavy atom. The molecule has 1 fully saturated rings. The second-order valence-corrected chi connectivity index (χ2v) is 10.5. The summed E-state index contributed by atoms with van der Waals surface area (Å²) in [6.07, 6.45) is 0.433. The Bertz CT molecular complexity index is 1650. The van der Waals surface area contributed by atoms with Crippen LogP contribution in [0.4, 0.5) is 13.2 Å². The highest BCUT2D eigenvalue weighted by molar-refractivity contribution is 5.98. The number of ether oxygens (including phenoxy) is 2. The molecule has 13 heteroatoms. The molecule has 0 bridgehead atoms. The average molecular weight is 580 g/mol. The van der Waals surface area contributed by atoms with Gasteiger partial charge >= 0.3 is 6.18 Å². The fourth-order valence-corrected chi connectivity index (χ4v) is 4.94. The zero-order valence-electron chi connectivity index (χ0n) is 23.2. The number of methoxy groups -OCH3 is 1. The van der Waals surface area contributed by atoms with Crippen LogP contribution in [0.1, 0.15) is 71.7 Å². The summed E-state index contributed by atoms with van der Waals surface area (Å²) in [5.74, 6) is 0.959. The van der Waals surface area contributed by atoms with Crippen LogP contribution in [-0.4, -0.2) is 49.0 Å². The Morgan fingerprint density at radius 2 is 1.81 bits per heavy atom. The van der Waals surface area contributed by atoms with Crippen LogP contribution in [0.5, 0.6) is 11.8 Å². The fraction of sp³-hybridized carbons (Fsp3) is 0.379. The molecule has 0 saturated heterocycles. The SMILES string of the molecule is COc1ncnc(C2CC2)c1-c1nc2c(c(OCc3ccc(-c4nc(C(F)(F)F)cn4C(C)C)cc3)n1)C(=O)NCC2. The van der Waals surface area contributed by atoms with Gasteiger partial charge in [-0.2, -0.15) is 18.2 Å². The first-order valence-corrected chi connectivity index (χ1v) is 13.6. The number of amides is 1. The number of aromatic nitrogens is 6. The highest BCUT2D eigenvalue weighted by Gasteiger charge is 2.36. The van der Waals surface area contributed by atoms with E-state index in [0.29, 0.717) is 41.5 Å². The number of hydrogen-bond acceptors (Lipinski definition) is 8. The highest BCUT2D eigenvalue weighted by atomic mass is 19.4. The summed E-state index contributed by atoms with van der Waals surface area (Å²) in [5.41, 5.74) is 2.54. The maximum absolute atomic E-state index is 13.3. The van der Waals surface area contributed by atoms with Gasteiger partial charge in [-0.15, -0.1) is 0 Å². The Morgan fingerprint density at radius 1 is 1.05 bits per heavy atom. The number of alkyl halides is 3. The van der Waals surface area contributed by atoms with Gasteiger partial charge in [0.15, 0.2) is 11.5 Å². The van der Waals surface area contributed by atoms with Crippen LogP contribution in [0.2, 0.25) is 0 Å². The molecule has 6 rings (SSSR count). The molecule has 4 aromatic rings.